The highest BCUT2D eigenvalue weighted by Gasteiger charge is 2.34. The van der Waals surface area contributed by atoms with Crippen LogP contribution in [0.1, 0.15) is 36.5 Å². The number of fused-ring (bicyclic) bond motifs is 3. The maximum atomic E-state index is 13.1. The lowest BCUT2D eigenvalue weighted by Crippen LogP contribution is -2.57. The average Bonchev–Trinajstić information content (AvgIpc) is 3.20. The Kier molecular flexibility index (Phi) is 7.38. The Morgan fingerprint density at radius 1 is 0.861 bits per heavy atom. The van der Waals surface area contributed by atoms with Crippen LogP contribution < -0.4 is 10.6 Å². The summed E-state index contributed by atoms with van der Waals surface area (Å²) in [6.07, 6.45) is -0.475. The maximum Gasteiger partial charge on any atom is 0.407 e. The minimum Gasteiger partial charge on any atom is -0.467 e. The van der Waals surface area contributed by atoms with Gasteiger partial charge in [-0.05, 0) is 41.7 Å². The van der Waals surface area contributed by atoms with E-state index in [-0.39, 0.29) is 18.9 Å². The first-order chi connectivity index (χ1) is 17.3. The van der Waals surface area contributed by atoms with Crippen molar-refractivity contribution in [3.63, 3.8) is 0 Å². The molecule has 3 aromatic rings. The average molecular weight is 487 g/mol. The number of hydrogen-bond donors (Lipinski definition) is 2. The molecule has 4 rings (SSSR count). The molecule has 0 saturated heterocycles. The number of esters is 1. The normalized spacial score (nSPS) is 13.2. The van der Waals surface area contributed by atoms with E-state index in [4.69, 9.17) is 9.47 Å². The lowest BCUT2D eigenvalue weighted by molar-refractivity contribution is -0.149. The van der Waals surface area contributed by atoms with Crippen molar-refractivity contribution >= 4 is 18.0 Å². The van der Waals surface area contributed by atoms with Crippen LogP contribution in [0.15, 0.2) is 78.9 Å². The molecular formula is C29H30N2O5. The van der Waals surface area contributed by atoms with E-state index in [9.17, 15) is 14.4 Å². The summed E-state index contributed by atoms with van der Waals surface area (Å²) in [6.45, 7) is 3.22. The van der Waals surface area contributed by atoms with Gasteiger partial charge >= 0.3 is 12.1 Å². The molecule has 0 radical (unpaired) electrons. The molecule has 36 heavy (non-hydrogen) atoms. The first-order valence-corrected chi connectivity index (χ1v) is 11.9. The van der Waals surface area contributed by atoms with Crippen LogP contribution in [0.3, 0.4) is 0 Å². The van der Waals surface area contributed by atoms with Gasteiger partial charge in [0.1, 0.15) is 18.2 Å². The van der Waals surface area contributed by atoms with Gasteiger partial charge in [0.15, 0.2) is 0 Å². The SMILES string of the molecule is COC(=O)C(C)(C)NC(=O)[C@H](Cc1ccccc1)NC(=O)OCC1c2ccccc2-c2ccccc21. The van der Waals surface area contributed by atoms with Crippen molar-refractivity contribution in [3.05, 3.63) is 95.6 Å². The topological polar surface area (TPSA) is 93.7 Å². The van der Waals surface area contributed by atoms with Crippen molar-refractivity contribution < 1.29 is 23.9 Å². The van der Waals surface area contributed by atoms with Crippen LogP contribution >= 0.6 is 0 Å². The van der Waals surface area contributed by atoms with E-state index in [2.05, 4.69) is 22.8 Å². The van der Waals surface area contributed by atoms with E-state index < -0.39 is 29.6 Å². The van der Waals surface area contributed by atoms with Crippen LogP contribution in [0.5, 0.6) is 0 Å². The number of carbonyl (C=O) groups is 3. The minimum absolute atomic E-state index is 0.0946. The van der Waals surface area contributed by atoms with E-state index in [1.165, 1.54) is 7.11 Å². The van der Waals surface area contributed by atoms with Crippen molar-refractivity contribution in [2.24, 2.45) is 0 Å². The second kappa shape index (κ2) is 10.6. The Morgan fingerprint density at radius 2 is 1.42 bits per heavy atom. The molecule has 0 unspecified atom stereocenters. The van der Waals surface area contributed by atoms with Gasteiger partial charge in [0.25, 0.3) is 0 Å². The summed E-state index contributed by atoms with van der Waals surface area (Å²) >= 11 is 0. The molecule has 0 aliphatic heterocycles. The monoisotopic (exact) mass is 486 g/mol. The number of nitrogens with one attached hydrogen (secondary N) is 2. The fraction of sp³-hybridized carbons (Fsp3) is 0.276. The van der Waals surface area contributed by atoms with Gasteiger partial charge in [-0.15, -0.1) is 0 Å². The Balaban J connectivity index is 1.47. The van der Waals surface area contributed by atoms with E-state index >= 15 is 0 Å². The summed E-state index contributed by atoms with van der Waals surface area (Å²) in [5, 5.41) is 5.36. The van der Waals surface area contributed by atoms with E-state index in [1.807, 2.05) is 66.7 Å². The predicted molar refractivity (Wildman–Crippen MR) is 136 cm³/mol. The largest absolute Gasteiger partial charge is 0.467 e. The molecule has 0 spiro atoms. The van der Waals surface area contributed by atoms with Gasteiger partial charge in [-0.2, -0.15) is 0 Å². The van der Waals surface area contributed by atoms with Crippen LogP contribution in [0.2, 0.25) is 0 Å². The fourth-order valence-electron chi connectivity index (χ4n) is 4.54. The summed E-state index contributed by atoms with van der Waals surface area (Å²) in [5.41, 5.74) is 4.06. The smallest absolute Gasteiger partial charge is 0.407 e. The lowest BCUT2D eigenvalue weighted by atomic mass is 9.98. The number of ether oxygens (including phenoxy) is 2. The fourth-order valence-corrected chi connectivity index (χ4v) is 4.54. The van der Waals surface area contributed by atoms with Crippen LogP contribution in [-0.2, 0) is 25.5 Å². The lowest BCUT2D eigenvalue weighted by Gasteiger charge is -2.27. The molecule has 1 aliphatic carbocycles. The van der Waals surface area contributed by atoms with E-state index in [1.54, 1.807) is 13.8 Å². The van der Waals surface area contributed by atoms with E-state index in [0.717, 1.165) is 27.8 Å². The third-order valence-electron chi connectivity index (χ3n) is 6.37. The zero-order chi connectivity index (χ0) is 25.7. The highest BCUT2D eigenvalue weighted by atomic mass is 16.5. The number of methoxy groups -OCH3 is 1. The van der Waals surface area contributed by atoms with Crippen LogP contribution in [-0.4, -0.2) is 43.3 Å². The van der Waals surface area contributed by atoms with Gasteiger partial charge in [0, 0.05) is 12.3 Å². The summed E-state index contributed by atoms with van der Waals surface area (Å²) in [7, 11) is 1.26. The summed E-state index contributed by atoms with van der Waals surface area (Å²) in [5.74, 6) is -1.19. The molecule has 0 heterocycles. The minimum atomic E-state index is -1.26. The number of amides is 2. The molecule has 0 bridgehead atoms. The molecule has 2 N–H and O–H groups in total. The third-order valence-corrected chi connectivity index (χ3v) is 6.37. The Hall–Kier alpha value is -4.13. The predicted octanol–water partition coefficient (Wildman–Crippen LogP) is 4.20. The van der Waals surface area contributed by atoms with Gasteiger partial charge in [-0.25, -0.2) is 9.59 Å². The van der Waals surface area contributed by atoms with E-state index in [0.29, 0.717) is 0 Å². The zero-order valence-electron chi connectivity index (χ0n) is 20.6. The van der Waals surface area contributed by atoms with Gasteiger partial charge in [-0.1, -0.05) is 78.9 Å². The Labute approximate surface area is 210 Å². The maximum absolute atomic E-state index is 13.1. The second-order valence-electron chi connectivity index (χ2n) is 9.32. The van der Waals surface area contributed by atoms with Crippen molar-refractivity contribution in [2.75, 3.05) is 13.7 Å². The number of benzene rings is 3. The zero-order valence-corrected chi connectivity index (χ0v) is 20.6. The highest BCUT2D eigenvalue weighted by Crippen LogP contribution is 2.44. The van der Waals surface area contributed by atoms with Gasteiger partial charge in [0.05, 0.1) is 7.11 Å². The van der Waals surface area contributed by atoms with Crippen molar-refractivity contribution in [1.82, 2.24) is 10.6 Å². The van der Waals surface area contributed by atoms with Crippen LogP contribution in [0.4, 0.5) is 4.79 Å². The van der Waals surface area contributed by atoms with Gasteiger partial charge < -0.3 is 20.1 Å². The van der Waals surface area contributed by atoms with Gasteiger partial charge in [-0.3, -0.25) is 4.79 Å². The first kappa shape index (κ1) is 25.0. The van der Waals surface area contributed by atoms with Crippen molar-refractivity contribution in [2.45, 2.75) is 37.8 Å². The first-order valence-electron chi connectivity index (χ1n) is 11.9. The molecule has 0 aromatic heterocycles. The quantitative estimate of drug-likeness (QED) is 0.466. The molecule has 0 saturated carbocycles. The molecular weight excluding hydrogens is 456 g/mol. The molecule has 7 heteroatoms. The molecule has 3 aromatic carbocycles. The molecule has 2 amide bonds. The summed E-state index contributed by atoms with van der Waals surface area (Å²) in [6, 6.07) is 24.5. The Bertz CT molecular complexity index is 1210. The molecule has 1 atom stereocenters. The highest BCUT2D eigenvalue weighted by molar-refractivity contribution is 5.91. The van der Waals surface area contributed by atoms with Crippen molar-refractivity contribution in [1.29, 1.82) is 0 Å². The second-order valence-corrected chi connectivity index (χ2v) is 9.32. The Morgan fingerprint density at radius 3 is 2.00 bits per heavy atom. The number of alkyl carbamates (subject to hydrolysis) is 1. The van der Waals surface area contributed by atoms with Crippen molar-refractivity contribution in [3.8, 4) is 11.1 Å². The number of carbonyl (C=O) groups excluding carboxylic acids is 3. The molecule has 7 nitrogen and oxygen atoms in total. The van der Waals surface area contributed by atoms with Crippen LogP contribution in [0.25, 0.3) is 11.1 Å². The molecule has 186 valence electrons. The van der Waals surface area contributed by atoms with Crippen LogP contribution in [0, 0.1) is 0 Å². The number of hydrogen-bond acceptors (Lipinski definition) is 5. The van der Waals surface area contributed by atoms with Gasteiger partial charge in [0.2, 0.25) is 5.91 Å². The standard InChI is InChI=1S/C29H30N2O5/c1-29(2,27(33)35-3)31-26(32)25(17-19-11-5-4-6-12-19)30-28(34)36-18-24-22-15-9-7-13-20(22)21-14-8-10-16-23(21)24/h4-16,24-25H,17-18H2,1-3H3,(H,30,34)(H,31,32)/t25-/m0/s1. The molecule has 1 aliphatic rings. The third kappa shape index (κ3) is 5.40. The summed E-state index contributed by atoms with van der Waals surface area (Å²) < 4.78 is 10.4. The number of rotatable bonds is 8. The summed E-state index contributed by atoms with van der Waals surface area (Å²) in [4.78, 5) is 38.1. The molecule has 0 fully saturated rings.